The Kier molecular flexibility index (Phi) is 4.36. The fourth-order valence-electron chi connectivity index (χ4n) is 4.00. The number of carbonyl (C=O) groups excluding carboxylic acids is 1. The van der Waals surface area contributed by atoms with Crippen molar-refractivity contribution in [1.82, 2.24) is 0 Å². The molecule has 1 atom stereocenters. The first-order chi connectivity index (χ1) is 14.7. The Hall–Kier alpha value is -3.86. The molecule has 0 N–H and O–H groups in total. The van der Waals surface area contributed by atoms with Crippen molar-refractivity contribution in [1.29, 1.82) is 0 Å². The summed E-state index contributed by atoms with van der Waals surface area (Å²) in [4.78, 5) is 28.5. The first-order valence-corrected chi connectivity index (χ1v) is 9.86. The molecule has 0 saturated heterocycles. The van der Waals surface area contributed by atoms with E-state index in [2.05, 4.69) is 0 Å². The SMILES string of the molecule is CCOc1ccc(C2c3c(oc4ccccc4c3=O)C(=O)N2c2ccccc2)cc1. The van der Waals surface area contributed by atoms with Crippen LogP contribution in [0, 0.1) is 0 Å². The molecular formula is C25H19NO4. The van der Waals surface area contributed by atoms with Crippen LogP contribution in [-0.2, 0) is 0 Å². The van der Waals surface area contributed by atoms with Crippen LogP contribution in [0.3, 0.4) is 0 Å². The number of hydrogen-bond donors (Lipinski definition) is 0. The summed E-state index contributed by atoms with van der Waals surface area (Å²) in [5.41, 5.74) is 2.12. The van der Waals surface area contributed by atoms with Gasteiger partial charge < -0.3 is 9.15 Å². The highest BCUT2D eigenvalue weighted by atomic mass is 16.5. The monoisotopic (exact) mass is 397 g/mol. The van der Waals surface area contributed by atoms with E-state index >= 15 is 0 Å². The van der Waals surface area contributed by atoms with Gasteiger partial charge in [0.25, 0.3) is 5.91 Å². The molecule has 1 amide bonds. The predicted octanol–water partition coefficient (Wildman–Crippen LogP) is 4.94. The van der Waals surface area contributed by atoms with Crippen molar-refractivity contribution < 1.29 is 13.9 Å². The zero-order valence-corrected chi connectivity index (χ0v) is 16.4. The van der Waals surface area contributed by atoms with Crippen molar-refractivity contribution in [2.45, 2.75) is 13.0 Å². The Morgan fingerprint density at radius 1 is 0.900 bits per heavy atom. The molecule has 0 radical (unpaired) electrons. The third-order valence-corrected chi connectivity index (χ3v) is 5.32. The van der Waals surface area contributed by atoms with E-state index in [0.717, 1.165) is 11.3 Å². The summed E-state index contributed by atoms with van der Waals surface area (Å²) in [6.45, 7) is 2.49. The van der Waals surface area contributed by atoms with Crippen LogP contribution < -0.4 is 15.1 Å². The third-order valence-electron chi connectivity index (χ3n) is 5.32. The van der Waals surface area contributed by atoms with E-state index in [4.69, 9.17) is 9.15 Å². The van der Waals surface area contributed by atoms with E-state index in [0.29, 0.717) is 28.8 Å². The van der Waals surface area contributed by atoms with Gasteiger partial charge in [-0.2, -0.15) is 0 Å². The lowest BCUT2D eigenvalue weighted by Crippen LogP contribution is -2.29. The molecule has 2 heterocycles. The highest BCUT2D eigenvalue weighted by Crippen LogP contribution is 2.41. The minimum absolute atomic E-state index is 0.0986. The number of hydrogen-bond acceptors (Lipinski definition) is 4. The molecule has 1 aliphatic heterocycles. The van der Waals surface area contributed by atoms with Crippen molar-refractivity contribution >= 4 is 22.6 Å². The second kappa shape index (κ2) is 7.19. The highest BCUT2D eigenvalue weighted by Gasteiger charge is 2.43. The Balaban J connectivity index is 1.76. The van der Waals surface area contributed by atoms with Crippen molar-refractivity contribution in [2.24, 2.45) is 0 Å². The van der Waals surface area contributed by atoms with Gasteiger partial charge in [0.05, 0.1) is 23.6 Å². The molecular weight excluding hydrogens is 378 g/mol. The van der Waals surface area contributed by atoms with Crippen LogP contribution in [0.25, 0.3) is 11.0 Å². The van der Waals surface area contributed by atoms with Gasteiger partial charge in [-0.15, -0.1) is 0 Å². The fraction of sp³-hybridized carbons (Fsp3) is 0.120. The fourth-order valence-corrected chi connectivity index (χ4v) is 4.00. The third kappa shape index (κ3) is 2.78. The molecule has 4 aromatic rings. The molecule has 3 aromatic carbocycles. The van der Waals surface area contributed by atoms with Crippen molar-refractivity contribution in [3.63, 3.8) is 0 Å². The molecule has 0 saturated carbocycles. The first-order valence-electron chi connectivity index (χ1n) is 9.86. The number of benzene rings is 3. The van der Waals surface area contributed by atoms with E-state index < -0.39 is 6.04 Å². The number of ether oxygens (including phenoxy) is 1. The highest BCUT2D eigenvalue weighted by molar-refractivity contribution is 6.10. The number of anilines is 1. The Morgan fingerprint density at radius 2 is 1.60 bits per heavy atom. The Labute approximate surface area is 173 Å². The smallest absolute Gasteiger partial charge is 0.295 e. The van der Waals surface area contributed by atoms with E-state index in [-0.39, 0.29) is 17.1 Å². The maximum Gasteiger partial charge on any atom is 0.295 e. The van der Waals surface area contributed by atoms with E-state index in [1.807, 2.05) is 61.5 Å². The molecule has 5 heteroatoms. The van der Waals surface area contributed by atoms with Gasteiger partial charge in [-0.3, -0.25) is 14.5 Å². The average Bonchev–Trinajstić information content (AvgIpc) is 3.08. The first kappa shape index (κ1) is 18.2. The van der Waals surface area contributed by atoms with Crippen LogP contribution in [0.15, 0.2) is 88.1 Å². The predicted molar refractivity (Wildman–Crippen MR) is 115 cm³/mol. The molecule has 1 aromatic heterocycles. The van der Waals surface area contributed by atoms with Crippen molar-refractivity contribution in [2.75, 3.05) is 11.5 Å². The van der Waals surface area contributed by atoms with Crippen molar-refractivity contribution in [3.8, 4) is 5.75 Å². The molecule has 30 heavy (non-hydrogen) atoms. The largest absolute Gasteiger partial charge is 0.494 e. The van der Waals surface area contributed by atoms with Crippen molar-refractivity contribution in [3.05, 3.63) is 106 Å². The van der Waals surface area contributed by atoms with Crippen LogP contribution in [0.1, 0.15) is 34.6 Å². The minimum Gasteiger partial charge on any atom is -0.494 e. The van der Waals surface area contributed by atoms with E-state index in [1.54, 1.807) is 29.2 Å². The topological polar surface area (TPSA) is 59.8 Å². The Bertz CT molecular complexity index is 1290. The average molecular weight is 397 g/mol. The van der Waals surface area contributed by atoms with Gasteiger partial charge in [0.15, 0.2) is 5.43 Å². The lowest BCUT2D eigenvalue weighted by atomic mass is 9.98. The molecule has 1 unspecified atom stereocenters. The summed E-state index contributed by atoms with van der Waals surface area (Å²) < 4.78 is 11.5. The number of carbonyl (C=O) groups is 1. The number of nitrogens with zero attached hydrogens (tertiary/aromatic N) is 1. The lowest BCUT2D eigenvalue weighted by molar-refractivity contribution is 0.0971. The quantitative estimate of drug-likeness (QED) is 0.489. The summed E-state index contributed by atoms with van der Waals surface area (Å²) in [6, 6.07) is 23.3. The number of fused-ring (bicyclic) bond motifs is 2. The van der Waals surface area contributed by atoms with Gasteiger partial charge in [0.1, 0.15) is 11.3 Å². The van der Waals surface area contributed by atoms with E-state index in [9.17, 15) is 9.59 Å². The van der Waals surface area contributed by atoms with Crippen LogP contribution in [-0.4, -0.2) is 12.5 Å². The van der Waals surface area contributed by atoms with Gasteiger partial charge in [-0.1, -0.05) is 42.5 Å². The summed E-state index contributed by atoms with van der Waals surface area (Å²) in [5.74, 6) is 0.516. The maximum atomic E-state index is 13.4. The molecule has 0 bridgehead atoms. The number of rotatable bonds is 4. The summed E-state index contributed by atoms with van der Waals surface area (Å²) >= 11 is 0. The van der Waals surface area contributed by atoms with Gasteiger partial charge in [-0.05, 0) is 48.9 Å². The Morgan fingerprint density at radius 3 is 2.33 bits per heavy atom. The number of amides is 1. The standard InChI is InChI=1S/C25H19NO4/c1-2-29-18-14-12-16(13-15-18)22-21-23(27)19-10-6-7-11-20(19)30-24(21)25(28)26(22)17-8-4-3-5-9-17/h3-15,22H,2H2,1H3. The minimum atomic E-state index is -0.577. The van der Waals surface area contributed by atoms with Gasteiger partial charge >= 0.3 is 0 Å². The summed E-state index contributed by atoms with van der Waals surface area (Å²) in [5, 5.41) is 0.467. The summed E-state index contributed by atoms with van der Waals surface area (Å²) in [7, 11) is 0. The molecule has 0 aliphatic carbocycles. The van der Waals surface area contributed by atoms with Gasteiger partial charge in [0, 0.05) is 5.69 Å². The molecule has 5 rings (SSSR count). The van der Waals surface area contributed by atoms with Crippen LogP contribution in [0.5, 0.6) is 5.75 Å². The second-order valence-electron chi connectivity index (χ2n) is 7.09. The van der Waals surface area contributed by atoms with E-state index in [1.165, 1.54) is 0 Å². The second-order valence-corrected chi connectivity index (χ2v) is 7.09. The zero-order chi connectivity index (χ0) is 20.7. The van der Waals surface area contributed by atoms with Gasteiger partial charge in [-0.25, -0.2) is 0 Å². The molecule has 148 valence electrons. The van der Waals surface area contributed by atoms with Gasteiger partial charge in [0.2, 0.25) is 5.76 Å². The molecule has 1 aliphatic rings. The zero-order valence-electron chi connectivity index (χ0n) is 16.4. The maximum absolute atomic E-state index is 13.4. The molecule has 0 fully saturated rings. The van der Waals surface area contributed by atoms with Crippen LogP contribution in [0.4, 0.5) is 5.69 Å². The molecule has 0 spiro atoms. The van der Waals surface area contributed by atoms with Crippen LogP contribution in [0.2, 0.25) is 0 Å². The van der Waals surface area contributed by atoms with Crippen LogP contribution >= 0.6 is 0 Å². The molecule has 5 nitrogen and oxygen atoms in total. The lowest BCUT2D eigenvalue weighted by Gasteiger charge is -2.25. The normalized spacial score (nSPS) is 15.4. The summed E-state index contributed by atoms with van der Waals surface area (Å²) in [6.07, 6.45) is 0. The number of para-hydroxylation sites is 2.